The summed E-state index contributed by atoms with van der Waals surface area (Å²) in [6.07, 6.45) is 0.888. The fourth-order valence-electron chi connectivity index (χ4n) is 2.29. The van der Waals surface area contributed by atoms with Gasteiger partial charge in [0.25, 0.3) is 0 Å². The fraction of sp³-hybridized carbons (Fsp3) is 0.188. The number of H-pyrrole nitrogens is 1. The average molecular weight is 319 g/mol. The van der Waals surface area contributed by atoms with Crippen molar-refractivity contribution in [2.75, 3.05) is 6.61 Å². The molecule has 1 aromatic heterocycles. The Labute approximate surface area is 133 Å². The summed E-state index contributed by atoms with van der Waals surface area (Å²) in [6, 6.07) is 15.6. The molecular formula is C16H15ClN2OS. The average Bonchev–Trinajstić information content (AvgIpc) is 2.79. The molecule has 2 aromatic carbocycles. The Balaban J connectivity index is 1.66. The zero-order valence-electron chi connectivity index (χ0n) is 11.4. The number of ether oxygens (including phenoxy) is 1. The van der Waals surface area contributed by atoms with Gasteiger partial charge in [0.1, 0.15) is 5.75 Å². The molecule has 0 radical (unpaired) electrons. The van der Waals surface area contributed by atoms with Crippen LogP contribution in [0, 0.1) is 4.77 Å². The van der Waals surface area contributed by atoms with Crippen molar-refractivity contribution in [3.05, 3.63) is 58.3 Å². The number of hydrogen-bond donors (Lipinski definition) is 1. The van der Waals surface area contributed by atoms with Gasteiger partial charge in [-0.1, -0.05) is 29.8 Å². The predicted molar refractivity (Wildman–Crippen MR) is 88.7 cm³/mol. The Hall–Kier alpha value is -1.78. The number of nitrogens with zero attached hydrogens (tertiary/aromatic N) is 1. The number of hydrogen-bond acceptors (Lipinski definition) is 2. The van der Waals surface area contributed by atoms with E-state index in [1.165, 1.54) is 0 Å². The van der Waals surface area contributed by atoms with Gasteiger partial charge in [-0.2, -0.15) is 0 Å². The Morgan fingerprint density at radius 2 is 1.95 bits per heavy atom. The second kappa shape index (κ2) is 6.33. The zero-order valence-corrected chi connectivity index (χ0v) is 13.0. The lowest BCUT2D eigenvalue weighted by Crippen LogP contribution is -2.04. The van der Waals surface area contributed by atoms with Crippen LogP contribution in [0.1, 0.15) is 6.42 Å². The Morgan fingerprint density at radius 1 is 1.14 bits per heavy atom. The van der Waals surface area contributed by atoms with Gasteiger partial charge in [-0.05, 0) is 49.0 Å². The molecular weight excluding hydrogens is 304 g/mol. The molecule has 0 spiro atoms. The maximum atomic E-state index is 5.99. The SMILES string of the molecule is S=c1[nH]c2cc(Cl)ccc2n1CCCOc1ccccc1. The van der Waals surface area contributed by atoms with Crippen molar-refractivity contribution in [1.29, 1.82) is 0 Å². The largest absolute Gasteiger partial charge is 0.494 e. The molecule has 0 saturated carbocycles. The number of aromatic nitrogens is 2. The summed E-state index contributed by atoms with van der Waals surface area (Å²) in [6.45, 7) is 1.47. The molecule has 1 heterocycles. The lowest BCUT2D eigenvalue weighted by molar-refractivity contribution is 0.302. The summed E-state index contributed by atoms with van der Waals surface area (Å²) in [5.41, 5.74) is 2.04. The standard InChI is InChI=1S/C16H15ClN2OS/c17-12-7-8-15-14(11-12)18-16(21)19(15)9-4-10-20-13-5-2-1-3-6-13/h1-3,5-8,11H,4,9-10H2,(H,18,21). The third-order valence-corrected chi connectivity index (χ3v) is 3.83. The highest BCUT2D eigenvalue weighted by atomic mass is 35.5. The van der Waals surface area contributed by atoms with Crippen LogP contribution in [0.4, 0.5) is 0 Å². The van der Waals surface area contributed by atoms with Crippen LogP contribution in [-0.4, -0.2) is 16.2 Å². The van der Waals surface area contributed by atoms with Crippen LogP contribution in [0.15, 0.2) is 48.5 Å². The zero-order chi connectivity index (χ0) is 14.7. The third kappa shape index (κ3) is 3.28. The number of aryl methyl sites for hydroxylation is 1. The van der Waals surface area contributed by atoms with Crippen molar-refractivity contribution < 1.29 is 4.74 Å². The molecule has 0 fully saturated rings. The lowest BCUT2D eigenvalue weighted by atomic mass is 10.3. The molecule has 0 amide bonds. The van der Waals surface area contributed by atoms with Crippen LogP contribution in [0.25, 0.3) is 11.0 Å². The van der Waals surface area contributed by atoms with Crippen LogP contribution in [-0.2, 0) is 6.54 Å². The van der Waals surface area contributed by atoms with E-state index in [1.807, 2.05) is 48.5 Å². The van der Waals surface area contributed by atoms with E-state index in [0.29, 0.717) is 16.4 Å². The van der Waals surface area contributed by atoms with Gasteiger partial charge in [-0.3, -0.25) is 0 Å². The molecule has 0 aliphatic heterocycles. The molecule has 5 heteroatoms. The molecule has 0 saturated heterocycles. The van der Waals surface area contributed by atoms with E-state index in [2.05, 4.69) is 9.55 Å². The summed E-state index contributed by atoms with van der Waals surface area (Å²) >= 11 is 11.4. The van der Waals surface area contributed by atoms with Gasteiger partial charge < -0.3 is 14.3 Å². The molecule has 0 bridgehead atoms. The number of imidazole rings is 1. The molecule has 108 valence electrons. The van der Waals surface area contributed by atoms with Crippen LogP contribution < -0.4 is 4.74 Å². The normalized spacial score (nSPS) is 10.9. The van der Waals surface area contributed by atoms with Crippen LogP contribution in [0.3, 0.4) is 0 Å². The highest BCUT2D eigenvalue weighted by Crippen LogP contribution is 2.19. The van der Waals surface area contributed by atoms with E-state index < -0.39 is 0 Å². The van der Waals surface area contributed by atoms with Gasteiger partial charge >= 0.3 is 0 Å². The Morgan fingerprint density at radius 3 is 2.76 bits per heavy atom. The molecule has 0 unspecified atom stereocenters. The topological polar surface area (TPSA) is 29.9 Å². The van der Waals surface area contributed by atoms with Crippen molar-refractivity contribution >= 4 is 34.9 Å². The number of para-hydroxylation sites is 1. The van der Waals surface area contributed by atoms with Crippen LogP contribution >= 0.6 is 23.8 Å². The van der Waals surface area contributed by atoms with Crippen LogP contribution in [0.2, 0.25) is 5.02 Å². The molecule has 3 nitrogen and oxygen atoms in total. The maximum Gasteiger partial charge on any atom is 0.178 e. The number of benzene rings is 2. The van der Waals surface area contributed by atoms with E-state index in [-0.39, 0.29) is 0 Å². The first-order chi connectivity index (χ1) is 10.2. The third-order valence-electron chi connectivity index (χ3n) is 3.27. The molecule has 3 rings (SSSR count). The summed E-state index contributed by atoms with van der Waals surface area (Å²) in [5.74, 6) is 0.895. The molecule has 21 heavy (non-hydrogen) atoms. The summed E-state index contributed by atoms with van der Waals surface area (Å²) in [7, 11) is 0. The predicted octanol–water partition coefficient (Wildman–Crippen LogP) is 4.82. The molecule has 3 aromatic rings. The van der Waals surface area contributed by atoms with Gasteiger partial charge in [0, 0.05) is 11.6 Å². The maximum absolute atomic E-state index is 5.99. The summed E-state index contributed by atoms with van der Waals surface area (Å²) in [5, 5.41) is 0.707. The van der Waals surface area contributed by atoms with E-state index in [1.54, 1.807) is 0 Å². The minimum Gasteiger partial charge on any atom is -0.494 e. The molecule has 1 N–H and O–H groups in total. The number of nitrogens with one attached hydrogen (secondary N) is 1. The molecule has 0 aliphatic rings. The number of aromatic amines is 1. The summed E-state index contributed by atoms with van der Waals surface area (Å²) < 4.78 is 8.49. The number of rotatable bonds is 5. The Bertz CT molecular complexity index is 795. The smallest absolute Gasteiger partial charge is 0.178 e. The van der Waals surface area contributed by atoms with Gasteiger partial charge in [0.05, 0.1) is 17.6 Å². The number of fused-ring (bicyclic) bond motifs is 1. The van der Waals surface area contributed by atoms with Gasteiger partial charge in [0.2, 0.25) is 0 Å². The van der Waals surface area contributed by atoms with Crippen LogP contribution in [0.5, 0.6) is 5.75 Å². The first-order valence-electron chi connectivity index (χ1n) is 6.80. The number of halogens is 1. The van der Waals surface area contributed by atoms with Crippen molar-refractivity contribution in [3.63, 3.8) is 0 Å². The fourth-order valence-corrected chi connectivity index (χ4v) is 2.76. The first-order valence-corrected chi connectivity index (χ1v) is 7.58. The minimum atomic E-state index is 0.659. The quantitative estimate of drug-likeness (QED) is 0.540. The van der Waals surface area contributed by atoms with E-state index >= 15 is 0 Å². The Kier molecular flexibility index (Phi) is 4.27. The van der Waals surface area contributed by atoms with Crippen molar-refractivity contribution in [2.24, 2.45) is 0 Å². The highest BCUT2D eigenvalue weighted by molar-refractivity contribution is 7.71. The monoisotopic (exact) mass is 318 g/mol. The van der Waals surface area contributed by atoms with Gasteiger partial charge in [-0.15, -0.1) is 0 Å². The first kappa shape index (κ1) is 14.2. The lowest BCUT2D eigenvalue weighted by Gasteiger charge is -2.07. The van der Waals surface area contributed by atoms with E-state index in [4.69, 9.17) is 28.6 Å². The summed E-state index contributed by atoms with van der Waals surface area (Å²) in [4.78, 5) is 3.18. The van der Waals surface area contributed by atoms with E-state index in [0.717, 1.165) is 29.7 Å². The van der Waals surface area contributed by atoms with Gasteiger partial charge in [0.15, 0.2) is 4.77 Å². The van der Waals surface area contributed by atoms with Crippen molar-refractivity contribution in [2.45, 2.75) is 13.0 Å². The molecule has 0 aliphatic carbocycles. The second-order valence-corrected chi connectivity index (χ2v) is 5.58. The van der Waals surface area contributed by atoms with E-state index in [9.17, 15) is 0 Å². The minimum absolute atomic E-state index is 0.659. The molecule has 0 atom stereocenters. The van der Waals surface area contributed by atoms with Crippen molar-refractivity contribution in [3.8, 4) is 5.75 Å². The van der Waals surface area contributed by atoms with Crippen molar-refractivity contribution in [1.82, 2.24) is 9.55 Å². The second-order valence-electron chi connectivity index (χ2n) is 4.76. The van der Waals surface area contributed by atoms with Gasteiger partial charge in [-0.25, -0.2) is 0 Å². The highest BCUT2D eigenvalue weighted by Gasteiger charge is 2.04.